The van der Waals surface area contributed by atoms with Crippen LogP contribution in [0.15, 0.2) is 41.8 Å². The standard InChI is InChI=1S/C34H48N6O3.C6H14N2/c1-25-35-23-29(24-36-25)28-16-21-40(22-17-28)33(42)7-5-3-2-4-6-18-39-19-14-27(15-20-39)26-8-10-30(11-9-26)37-31-12-13-32(41)38-34(31)43;1-6(2,3)8(5)7-4/h8-11,23-24,27-28,31,37H,2-7,12-22H2,1H3,(H,38,41,43);4H2,1-3,5H3. The van der Waals surface area contributed by atoms with Crippen molar-refractivity contribution >= 4 is 30.1 Å². The number of carbonyl (C=O) groups excluding carboxylic acids is 3. The Balaban J connectivity index is 0.000000652. The molecule has 0 radical (unpaired) electrons. The van der Waals surface area contributed by atoms with Gasteiger partial charge in [-0.2, -0.15) is 5.10 Å². The van der Waals surface area contributed by atoms with Gasteiger partial charge in [0.1, 0.15) is 11.9 Å². The molecule has 51 heavy (non-hydrogen) atoms. The Labute approximate surface area is 306 Å². The van der Waals surface area contributed by atoms with Crippen molar-refractivity contribution in [2.75, 3.05) is 45.1 Å². The van der Waals surface area contributed by atoms with E-state index in [-0.39, 0.29) is 23.4 Å². The summed E-state index contributed by atoms with van der Waals surface area (Å²) in [5.41, 5.74) is 3.61. The van der Waals surface area contributed by atoms with E-state index in [9.17, 15) is 14.4 Å². The normalized spacial score (nSPS) is 19.2. The molecule has 1 aromatic heterocycles. The Bertz CT molecular complexity index is 1390. The zero-order valence-electron chi connectivity index (χ0n) is 31.8. The molecule has 3 saturated heterocycles. The number of amides is 3. The number of aryl methyl sites for hydroxylation is 1. The number of hydrogen-bond donors (Lipinski definition) is 2. The van der Waals surface area contributed by atoms with Crippen LogP contribution in [0, 0.1) is 6.92 Å². The van der Waals surface area contributed by atoms with Gasteiger partial charge in [0, 0.05) is 63.3 Å². The number of anilines is 1. The maximum atomic E-state index is 12.7. The van der Waals surface area contributed by atoms with Crippen LogP contribution in [0.1, 0.15) is 127 Å². The number of carbonyl (C=O) groups is 3. The third kappa shape index (κ3) is 13.0. The minimum absolute atomic E-state index is 0.113. The summed E-state index contributed by atoms with van der Waals surface area (Å²) in [5, 5.41) is 11.2. The molecule has 2 N–H and O–H groups in total. The first kappa shape index (κ1) is 39.9. The Hall–Kier alpha value is -3.86. The van der Waals surface area contributed by atoms with E-state index in [1.54, 1.807) is 0 Å². The number of rotatable bonds is 13. The first-order chi connectivity index (χ1) is 24.4. The fourth-order valence-corrected chi connectivity index (χ4v) is 6.96. The van der Waals surface area contributed by atoms with Crippen LogP contribution in [-0.4, -0.2) is 101 Å². The predicted molar refractivity (Wildman–Crippen MR) is 205 cm³/mol. The van der Waals surface area contributed by atoms with E-state index in [2.05, 4.69) is 87.3 Å². The Morgan fingerprint density at radius 3 is 2.08 bits per heavy atom. The molecule has 1 aromatic carbocycles. The number of nitrogens with zero attached hydrogens (tertiary/aromatic N) is 6. The van der Waals surface area contributed by atoms with Crippen LogP contribution in [-0.2, 0) is 14.4 Å². The third-order valence-corrected chi connectivity index (χ3v) is 10.7. The van der Waals surface area contributed by atoms with Crippen LogP contribution >= 0.6 is 0 Å². The maximum Gasteiger partial charge on any atom is 0.249 e. The highest BCUT2D eigenvalue weighted by Crippen LogP contribution is 2.30. The summed E-state index contributed by atoms with van der Waals surface area (Å²) < 4.78 is 0. The summed E-state index contributed by atoms with van der Waals surface area (Å²) >= 11 is 0. The van der Waals surface area contributed by atoms with Gasteiger partial charge in [-0.25, -0.2) is 9.97 Å². The predicted octanol–water partition coefficient (Wildman–Crippen LogP) is 6.26. The molecule has 3 amide bonds. The zero-order chi connectivity index (χ0) is 36.8. The van der Waals surface area contributed by atoms with Gasteiger partial charge < -0.3 is 15.1 Å². The average Bonchev–Trinajstić information content (AvgIpc) is 3.13. The third-order valence-electron chi connectivity index (χ3n) is 10.7. The Kier molecular flexibility index (Phi) is 15.4. The van der Waals surface area contributed by atoms with Crippen molar-refractivity contribution in [1.29, 1.82) is 0 Å². The van der Waals surface area contributed by atoms with Gasteiger partial charge in [0.05, 0.1) is 0 Å². The molecule has 1 unspecified atom stereocenters. The van der Waals surface area contributed by atoms with Crippen LogP contribution < -0.4 is 10.6 Å². The van der Waals surface area contributed by atoms with E-state index in [4.69, 9.17) is 0 Å². The number of nitrogens with one attached hydrogen (secondary N) is 2. The fourth-order valence-electron chi connectivity index (χ4n) is 6.96. The molecule has 280 valence electrons. The lowest BCUT2D eigenvalue weighted by atomic mass is 9.89. The van der Waals surface area contributed by atoms with Gasteiger partial charge in [0.2, 0.25) is 17.7 Å². The molecule has 1 atom stereocenters. The number of hydrogen-bond acceptors (Lipinski definition) is 9. The van der Waals surface area contributed by atoms with E-state index in [1.165, 1.54) is 49.8 Å². The lowest BCUT2D eigenvalue weighted by molar-refractivity contribution is -0.134. The zero-order valence-corrected chi connectivity index (χ0v) is 31.8. The lowest BCUT2D eigenvalue weighted by Gasteiger charge is -2.32. The molecule has 5 rings (SSSR count). The molecular formula is C40H62N8O3. The van der Waals surface area contributed by atoms with Gasteiger partial charge in [-0.15, -0.1) is 0 Å². The van der Waals surface area contributed by atoms with Gasteiger partial charge in [-0.1, -0.05) is 31.4 Å². The van der Waals surface area contributed by atoms with Crippen LogP contribution in [0.2, 0.25) is 0 Å². The molecular weight excluding hydrogens is 640 g/mol. The van der Waals surface area contributed by atoms with Crippen molar-refractivity contribution in [3.8, 4) is 0 Å². The van der Waals surface area contributed by atoms with Crippen molar-refractivity contribution in [2.45, 2.75) is 128 Å². The van der Waals surface area contributed by atoms with E-state index in [1.807, 2.05) is 31.4 Å². The van der Waals surface area contributed by atoms with E-state index >= 15 is 0 Å². The van der Waals surface area contributed by atoms with Crippen molar-refractivity contribution < 1.29 is 14.4 Å². The summed E-state index contributed by atoms with van der Waals surface area (Å²) in [5.74, 6) is 1.76. The highest BCUT2D eigenvalue weighted by atomic mass is 16.2. The monoisotopic (exact) mass is 702 g/mol. The first-order valence-electron chi connectivity index (χ1n) is 19.1. The van der Waals surface area contributed by atoms with Crippen molar-refractivity contribution in [3.63, 3.8) is 0 Å². The molecule has 3 aliphatic heterocycles. The number of imide groups is 1. The first-order valence-corrected chi connectivity index (χ1v) is 19.1. The molecule has 2 aromatic rings. The van der Waals surface area contributed by atoms with Crippen molar-refractivity contribution in [2.24, 2.45) is 5.10 Å². The van der Waals surface area contributed by atoms with Gasteiger partial charge in [0.25, 0.3) is 0 Å². The highest BCUT2D eigenvalue weighted by molar-refractivity contribution is 6.01. The van der Waals surface area contributed by atoms with Crippen LogP contribution in [0.3, 0.4) is 0 Å². The SMILES string of the molecule is C=NN(C)C(C)(C)C.Cc1ncc(C2CCN(C(=O)CCCCCCCN3CCC(c4ccc(NC5CCC(=O)NC5=O)cc4)CC3)CC2)cn1. The Morgan fingerprint density at radius 2 is 1.49 bits per heavy atom. The highest BCUT2D eigenvalue weighted by Gasteiger charge is 2.27. The topological polar surface area (TPSA) is 123 Å². The summed E-state index contributed by atoms with van der Waals surface area (Å²) in [6.45, 7) is 16.7. The molecule has 4 heterocycles. The number of benzene rings is 1. The smallest absolute Gasteiger partial charge is 0.249 e. The summed E-state index contributed by atoms with van der Waals surface area (Å²) in [4.78, 5) is 49.4. The summed E-state index contributed by atoms with van der Waals surface area (Å²) in [6.07, 6.45) is 15.7. The minimum atomic E-state index is -0.344. The molecule has 0 saturated carbocycles. The van der Waals surface area contributed by atoms with E-state index < -0.39 is 0 Å². The molecule has 3 fully saturated rings. The quantitative estimate of drug-likeness (QED) is 0.109. The maximum absolute atomic E-state index is 12.7. The lowest BCUT2D eigenvalue weighted by Crippen LogP contribution is -2.47. The fraction of sp³-hybridized carbons (Fsp3) is 0.650. The van der Waals surface area contributed by atoms with E-state index in [0.717, 1.165) is 63.4 Å². The number of aromatic nitrogens is 2. The second-order valence-electron chi connectivity index (χ2n) is 15.5. The van der Waals surface area contributed by atoms with Crippen LogP contribution in [0.5, 0.6) is 0 Å². The number of piperidine rings is 3. The number of likely N-dealkylation sites (tertiary alicyclic amines) is 2. The minimum Gasteiger partial charge on any atom is -0.374 e. The summed E-state index contributed by atoms with van der Waals surface area (Å²) in [6, 6.07) is 8.14. The van der Waals surface area contributed by atoms with E-state index in [0.29, 0.717) is 37.0 Å². The molecule has 0 bridgehead atoms. The molecule has 11 heteroatoms. The number of unbranched alkanes of at least 4 members (excludes halogenated alkanes) is 4. The molecule has 3 aliphatic rings. The van der Waals surface area contributed by atoms with Gasteiger partial charge >= 0.3 is 0 Å². The average molecular weight is 703 g/mol. The summed E-state index contributed by atoms with van der Waals surface area (Å²) in [7, 11) is 1.91. The second kappa shape index (κ2) is 19.7. The van der Waals surface area contributed by atoms with Crippen molar-refractivity contribution in [1.82, 2.24) is 30.1 Å². The largest absolute Gasteiger partial charge is 0.374 e. The second-order valence-corrected chi connectivity index (χ2v) is 15.5. The van der Waals surface area contributed by atoms with Gasteiger partial charge in [-0.05, 0) is 127 Å². The van der Waals surface area contributed by atoms with Gasteiger partial charge in [0.15, 0.2) is 0 Å². The molecule has 11 nitrogen and oxygen atoms in total. The van der Waals surface area contributed by atoms with Crippen LogP contribution in [0.4, 0.5) is 5.69 Å². The molecule has 0 aliphatic carbocycles. The molecule has 0 spiro atoms. The van der Waals surface area contributed by atoms with Gasteiger partial charge in [-0.3, -0.25) is 24.7 Å². The Morgan fingerprint density at radius 1 is 0.902 bits per heavy atom. The number of hydrazone groups is 1. The van der Waals surface area contributed by atoms with Crippen molar-refractivity contribution in [3.05, 3.63) is 53.6 Å². The van der Waals surface area contributed by atoms with Crippen LogP contribution in [0.25, 0.3) is 0 Å².